The van der Waals surface area contributed by atoms with Gasteiger partial charge in [0.25, 0.3) is 0 Å². The van der Waals surface area contributed by atoms with Gasteiger partial charge in [0.05, 0.1) is 0 Å². The molecule has 0 atom stereocenters. The first-order chi connectivity index (χ1) is 2.91. The van der Waals surface area contributed by atoms with Crippen molar-refractivity contribution >= 4 is 17.7 Å². The fraction of sp³-hybridized carbons (Fsp3) is 1.00. The molecular formula is C4H10LiN. The second-order valence-corrected chi connectivity index (χ2v) is 1.46. The van der Waals surface area contributed by atoms with Crippen LogP contribution in [0.15, 0.2) is 0 Å². The summed E-state index contributed by atoms with van der Waals surface area (Å²) in [5, 5.41) is 4.36. The van der Waals surface area contributed by atoms with Crippen LogP contribution in [0.2, 0.25) is 5.09 Å². The van der Waals surface area contributed by atoms with E-state index in [1.54, 1.807) is 0 Å². The van der Waals surface area contributed by atoms with Gasteiger partial charge in [-0.15, -0.1) is 0 Å². The van der Waals surface area contributed by atoms with Crippen LogP contribution >= 0.6 is 0 Å². The Morgan fingerprint density at radius 3 is 2.50 bits per heavy atom. The third-order valence-corrected chi connectivity index (χ3v) is 0.780. The van der Waals surface area contributed by atoms with Crippen LogP contribution in [0.4, 0.5) is 0 Å². The molecule has 0 unspecified atom stereocenters. The van der Waals surface area contributed by atoms with Crippen LogP contribution in [0.3, 0.4) is 0 Å². The van der Waals surface area contributed by atoms with Crippen LogP contribution in [0.25, 0.3) is 0 Å². The molecular weight excluding hydrogens is 69.0 g/mol. The summed E-state index contributed by atoms with van der Waals surface area (Å²) >= 11 is 2.19. The predicted molar refractivity (Wildman–Crippen MR) is 29.1 cm³/mol. The van der Waals surface area contributed by atoms with Crippen LogP contribution in [-0.4, -0.2) is 31.3 Å². The molecule has 1 nitrogen and oxygen atoms in total. The third-order valence-electron chi connectivity index (χ3n) is 0.780. The van der Waals surface area contributed by atoms with E-state index in [1.165, 1.54) is 11.5 Å². The first-order valence-corrected chi connectivity index (χ1v) is 2.56. The predicted octanol–water partition coefficient (Wildman–Crippen LogP) is 0.183. The standard InChI is InChI=1S/C4H10N.Li/c1-3-4-5-2;/h5H,1,3-4H2,2H3;. The molecule has 0 aromatic rings. The maximum atomic E-state index is 3.07. The van der Waals surface area contributed by atoms with Crippen molar-refractivity contribution < 1.29 is 0 Å². The van der Waals surface area contributed by atoms with Gasteiger partial charge < -0.3 is 0 Å². The summed E-state index contributed by atoms with van der Waals surface area (Å²) in [6.07, 6.45) is 1.30. The molecule has 0 aliphatic carbocycles. The summed E-state index contributed by atoms with van der Waals surface area (Å²) in [7, 11) is 1.98. The molecule has 0 fully saturated rings. The normalized spacial score (nSPS) is 9.17. The molecule has 1 N–H and O–H groups in total. The molecule has 0 saturated heterocycles. The van der Waals surface area contributed by atoms with Gasteiger partial charge in [-0.3, -0.25) is 0 Å². The number of hydrogen-bond donors (Lipinski definition) is 1. The molecule has 0 aliphatic heterocycles. The fourth-order valence-corrected chi connectivity index (χ4v) is 0.354. The second-order valence-electron chi connectivity index (χ2n) is 1.46. The summed E-state index contributed by atoms with van der Waals surface area (Å²) in [4.78, 5) is 0. The molecule has 0 aliphatic rings. The number of nitrogens with one attached hydrogen (secondary N) is 1. The minimum atomic E-state index is 1.16. The maximum absolute atomic E-state index is 3.07. The van der Waals surface area contributed by atoms with E-state index in [-0.39, 0.29) is 0 Å². The van der Waals surface area contributed by atoms with Crippen molar-refractivity contribution in [3.8, 4) is 0 Å². The Bertz CT molecular complexity index is 19.5. The van der Waals surface area contributed by atoms with Crippen LogP contribution in [0.5, 0.6) is 0 Å². The number of rotatable bonds is 3. The van der Waals surface area contributed by atoms with E-state index in [9.17, 15) is 0 Å². The Kier molecular flexibility index (Phi) is 6.07. The van der Waals surface area contributed by atoms with E-state index in [0.717, 1.165) is 6.54 Å². The van der Waals surface area contributed by atoms with Crippen molar-refractivity contribution in [3.05, 3.63) is 0 Å². The van der Waals surface area contributed by atoms with Crippen molar-refractivity contribution in [2.24, 2.45) is 0 Å². The zero-order valence-electron chi connectivity index (χ0n) is 4.62. The second kappa shape index (κ2) is 5.56. The molecule has 0 bridgehead atoms. The number of hydrogen-bond acceptors (Lipinski definition) is 1. The van der Waals surface area contributed by atoms with Gasteiger partial charge in [0.15, 0.2) is 0 Å². The molecule has 0 radical (unpaired) electrons. The van der Waals surface area contributed by atoms with Crippen LogP contribution in [0.1, 0.15) is 6.42 Å². The zero-order valence-corrected chi connectivity index (χ0v) is 4.62. The monoisotopic (exact) mass is 79.1 g/mol. The summed E-state index contributed by atoms with van der Waals surface area (Å²) in [6, 6.07) is 0. The van der Waals surface area contributed by atoms with Gasteiger partial charge in [0, 0.05) is 0 Å². The molecule has 0 amide bonds. The molecule has 32 valence electrons. The van der Waals surface area contributed by atoms with Crippen molar-refractivity contribution in [2.45, 2.75) is 11.5 Å². The summed E-state index contributed by atoms with van der Waals surface area (Å²) in [6.45, 7) is 1.16. The van der Waals surface area contributed by atoms with Gasteiger partial charge in [-0.1, -0.05) is 0 Å². The van der Waals surface area contributed by atoms with Crippen molar-refractivity contribution in [1.29, 1.82) is 0 Å². The fourth-order valence-electron chi connectivity index (χ4n) is 0.354. The zero-order chi connectivity index (χ0) is 4.83. The topological polar surface area (TPSA) is 12.0 Å². The Balaban J connectivity index is 2.34. The van der Waals surface area contributed by atoms with E-state index in [1.807, 2.05) is 7.05 Å². The van der Waals surface area contributed by atoms with Gasteiger partial charge in [-0.25, -0.2) is 0 Å². The van der Waals surface area contributed by atoms with Crippen LogP contribution in [0, 0.1) is 0 Å². The molecule has 0 aromatic heterocycles. The first-order valence-electron chi connectivity index (χ1n) is 2.56. The molecule has 0 aromatic carbocycles. The van der Waals surface area contributed by atoms with Gasteiger partial charge in [-0.2, -0.15) is 0 Å². The summed E-state index contributed by atoms with van der Waals surface area (Å²) < 4.78 is 0. The van der Waals surface area contributed by atoms with E-state index in [2.05, 4.69) is 23.0 Å². The van der Waals surface area contributed by atoms with E-state index in [0.29, 0.717) is 0 Å². The molecule has 0 rings (SSSR count). The summed E-state index contributed by atoms with van der Waals surface area (Å²) in [5.74, 6) is 0. The van der Waals surface area contributed by atoms with Gasteiger partial charge in [0.2, 0.25) is 0 Å². The Morgan fingerprint density at radius 2 is 2.33 bits per heavy atom. The van der Waals surface area contributed by atoms with Gasteiger partial charge in [0.1, 0.15) is 0 Å². The molecule has 0 saturated carbocycles. The molecule has 6 heavy (non-hydrogen) atoms. The van der Waals surface area contributed by atoms with Gasteiger partial charge >= 0.3 is 48.1 Å². The molecule has 0 spiro atoms. The van der Waals surface area contributed by atoms with E-state index >= 15 is 0 Å². The SMILES string of the molecule is [Li][CH2]CCNC. The van der Waals surface area contributed by atoms with Gasteiger partial charge in [-0.05, 0) is 0 Å². The Hall–Kier alpha value is 0.557. The quantitative estimate of drug-likeness (QED) is 0.376. The Morgan fingerprint density at radius 1 is 1.67 bits per heavy atom. The average molecular weight is 79.1 g/mol. The van der Waals surface area contributed by atoms with Crippen molar-refractivity contribution in [1.82, 2.24) is 5.32 Å². The third kappa shape index (κ3) is 4.56. The van der Waals surface area contributed by atoms with Crippen LogP contribution in [-0.2, 0) is 0 Å². The molecule has 2 heteroatoms. The first kappa shape index (κ1) is 6.56. The van der Waals surface area contributed by atoms with Crippen LogP contribution < -0.4 is 5.32 Å². The molecule has 0 heterocycles. The van der Waals surface area contributed by atoms with Crippen molar-refractivity contribution in [2.75, 3.05) is 13.6 Å². The summed E-state index contributed by atoms with van der Waals surface area (Å²) in [5.41, 5.74) is 0. The van der Waals surface area contributed by atoms with Crippen molar-refractivity contribution in [3.63, 3.8) is 0 Å². The average Bonchev–Trinajstić information content (AvgIpc) is 1.61. The van der Waals surface area contributed by atoms with E-state index in [4.69, 9.17) is 0 Å². The Labute approximate surface area is 48.7 Å². The van der Waals surface area contributed by atoms with E-state index < -0.39 is 0 Å². The minimum absolute atomic E-state index is 1.16.